The molecule has 0 saturated heterocycles. The number of aromatic amines is 1. The van der Waals surface area contributed by atoms with E-state index in [0.29, 0.717) is 6.04 Å². The van der Waals surface area contributed by atoms with Gasteiger partial charge in [0.1, 0.15) is 0 Å². The van der Waals surface area contributed by atoms with Crippen molar-refractivity contribution in [3.05, 3.63) is 26.5 Å². The van der Waals surface area contributed by atoms with E-state index in [4.69, 9.17) is 12.2 Å². The van der Waals surface area contributed by atoms with E-state index in [1.165, 1.54) is 40.3 Å². The van der Waals surface area contributed by atoms with E-state index in [-0.39, 0.29) is 0 Å². The highest BCUT2D eigenvalue weighted by atomic mass is 127. The van der Waals surface area contributed by atoms with Crippen LogP contribution in [0.4, 0.5) is 0 Å². The normalized spacial score (nSPS) is 30.2. The van der Waals surface area contributed by atoms with Crippen molar-refractivity contribution in [1.82, 2.24) is 9.55 Å². The Balaban J connectivity index is 1.78. The number of halogens is 1. The Morgan fingerprint density at radius 2 is 2.20 bits per heavy atom. The quantitative estimate of drug-likeness (QED) is 0.538. The number of H-pyrrole nitrogens is 1. The van der Waals surface area contributed by atoms with Crippen molar-refractivity contribution in [2.24, 2.45) is 17.8 Å². The molecular formula is C16H19IN2S. The summed E-state index contributed by atoms with van der Waals surface area (Å²) < 4.78 is 4.51. The van der Waals surface area contributed by atoms with Crippen LogP contribution in [0, 0.1) is 26.1 Å². The molecule has 0 aliphatic heterocycles. The van der Waals surface area contributed by atoms with Gasteiger partial charge in [-0.3, -0.25) is 0 Å². The molecule has 0 amide bonds. The van der Waals surface area contributed by atoms with Crippen molar-refractivity contribution in [1.29, 1.82) is 0 Å². The molecule has 4 heteroatoms. The van der Waals surface area contributed by atoms with E-state index in [0.717, 1.165) is 22.5 Å². The first-order chi connectivity index (χ1) is 9.63. The monoisotopic (exact) mass is 398 g/mol. The molecule has 2 aromatic rings. The van der Waals surface area contributed by atoms with Gasteiger partial charge in [-0.15, -0.1) is 0 Å². The molecule has 2 fully saturated rings. The van der Waals surface area contributed by atoms with Crippen molar-refractivity contribution < 1.29 is 0 Å². The summed E-state index contributed by atoms with van der Waals surface area (Å²) in [4.78, 5) is 3.39. The van der Waals surface area contributed by atoms with E-state index in [2.05, 4.69) is 57.3 Å². The van der Waals surface area contributed by atoms with E-state index >= 15 is 0 Å². The van der Waals surface area contributed by atoms with Crippen LogP contribution >= 0.6 is 34.8 Å². The summed E-state index contributed by atoms with van der Waals surface area (Å²) in [6.45, 7) is 2.37. The number of aromatic nitrogens is 2. The lowest BCUT2D eigenvalue weighted by Gasteiger charge is -2.29. The Kier molecular flexibility index (Phi) is 3.22. The van der Waals surface area contributed by atoms with Gasteiger partial charge in [0.2, 0.25) is 0 Å². The van der Waals surface area contributed by atoms with E-state index in [9.17, 15) is 0 Å². The van der Waals surface area contributed by atoms with Gasteiger partial charge in [0.15, 0.2) is 4.77 Å². The number of benzene rings is 1. The summed E-state index contributed by atoms with van der Waals surface area (Å²) in [7, 11) is 0. The van der Waals surface area contributed by atoms with Gasteiger partial charge in [0.25, 0.3) is 0 Å². The fourth-order valence-electron chi connectivity index (χ4n) is 4.58. The van der Waals surface area contributed by atoms with E-state index in [1.54, 1.807) is 0 Å². The predicted molar refractivity (Wildman–Crippen MR) is 93.5 cm³/mol. The van der Waals surface area contributed by atoms with Crippen LogP contribution in [0.3, 0.4) is 0 Å². The van der Waals surface area contributed by atoms with Gasteiger partial charge in [-0.1, -0.05) is 6.42 Å². The second-order valence-corrected chi connectivity index (χ2v) is 8.17. The number of hydrogen-bond acceptors (Lipinski definition) is 1. The second-order valence-electron chi connectivity index (χ2n) is 6.54. The minimum Gasteiger partial charge on any atom is -0.331 e. The second kappa shape index (κ2) is 4.83. The van der Waals surface area contributed by atoms with Gasteiger partial charge < -0.3 is 9.55 Å². The molecule has 1 heterocycles. The number of imidazole rings is 1. The molecule has 4 rings (SSSR count). The van der Waals surface area contributed by atoms with Crippen LogP contribution in [-0.2, 0) is 0 Å². The molecule has 2 aliphatic rings. The number of nitrogens with zero attached hydrogens (tertiary/aromatic N) is 1. The molecule has 2 bridgehead atoms. The third-order valence-corrected chi connectivity index (χ3v) is 6.47. The lowest BCUT2D eigenvalue weighted by atomic mass is 9.84. The third-order valence-electron chi connectivity index (χ3n) is 5.50. The molecule has 2 saturated carbocycles. The highest BCUT2D eigenvalue weighted by Gasteiger charge is 2.42. The van der Waals surface area contributed by atoms with Crippen LogP contribution in [0.2, 0.25) is 0 Å². The molecule has 0 radical (unpaired) electrons. The molecule has 2 aliphatic carbocycles. The first-order valence-corrected chi connectivity index (χ1v) is 9.02. The first kappa shape index (κ1) is 13.3. The van der Waals surface area contributed by atoms with Crippen molar-refractivity contribution in [3.63, 3.8) is 0 Å². The summed E-state index contributed by atoms with van der Waals surface area (Å²) in [6, 6.07) is 7.10. The van der Waals surface area contributed by atoms with Crippen LogP contribution in [0.5, 0.6) is 0 Å². The summed E-state index contributed by atoms with van der Waals surface area (Å²) in [5, 5.41) is 0. The van der Waals surface area contributed by atoms with Gasteiger partial charge >= 0.3 is 0 Å². The molecule has 1 N–H and O–H groups in total. The number of fused-ring (bicyclic) bond motifs is 3. The van der Waals surface area contributed by atoms with E-state index < -0.39 is 0 Å². The predicted octanol–water partition coefficient (Wildman–Crippen LogP) is 5.30. The zero-order valence-corrected chi connectivity index (χ0v) is 14.6. The molecule has 2 nitrogen and oxygen atoms in total. The van der Waals surface area contributed by atoms with Crippen LogP contribution in [-0.4, -0.2) is 9.55 Å². The minimum absolute atomic E-state index is 0.520. The number of hydrogen-bond donors (Lipinski definition) is 1. The zero-order chi connectivity index (χ0) is 13.9. The van der Waals surface area contributed by atoms with Crippen LogP contribution in [0.25, 0.3) is 11.0 Å². The molecule has 1 aromatic heterocycles. The summed E-state index contributed by atoms with van der Waals surface area (Å²) in [5.74, 6) is 2.75. The first-order valence-electron chi connectivity index (χ1n) is 7.53. The minimum atomic E-state index is 0.520. The largest absolute Gasteiger partial charge is 0.331 e. The average molecular weight is 398 g/mol. The topological polar surface area (TPSA) is 20.7 Å². The lowest BCUT2D eigenvalue weighted by Crippen LogP contribution is -2.22. The number of nitrogens with one attached hydrogen (secondary N) is 1. The Bertz CT molecular complexity index is 717. The Morgan fingerprint density at radius 1 is 1.35 bits per heavy atom. The van der Waals surface area contributed by atoms with Crippen molar-refractivity contribution >= 4 is 45.8 Å². The van der Waals surface area contributed by atoms with Crippen LogP contribution < -0.4 is 0 Å². The maximum atomic E-state index is 5.60. The molecule has 4 atom stereocenters. The maximum Gasteiger partial charge on any atom is 0.178 e. The number of rotatable bonds is 2. The van der Waals surface area contributed by atoms with Crippen LogP contribution in [0.1, 0.15) is 38.6 Å². The fraction of sp³-hybridized carbons (Fsp3) is 0.562. The van der Waals surface area contributed by atoms with Crippen molar-refractivity contribution in [3.8, 4) is 0 Å². The van der Waals surface area contributed by atoms with Crippen molar-refractivity contribution in [2.75, 3.05) is 0 Å². The lowest BCUT2D eigenvalue weighted by molar-refractivity contribution is 0.245. The van der Waals surface area contributed by atoms with Gasteiger partial charge in [0.05, 0.1) is 11.0 Å². The van der Waals surface area contributed by atoms with Gasteiger partial charge in [-0.25, -0.2) is 0 Å². The van der Waals surface area contributed by atoms with Gasteiger partial charge in [-0.05, 0) is 96.9 Å². The fourth-order valence-corrected chi connectivity index (χ4v) is 5.45. The van der Waals surface area contributed by atoms with Gasteiger partial charge in [-0.2, -0.15) is 0 Å². The molecule has 0 spiro atoms. The molecule has 1 aromatic carbocycles. The van der Waals surface area contributed by atoms with Crippen molar-refractivity contribution in [2.45, 2.75) is 38.6 Å². The molecular weight excluding hydrogens is 379 g/mol. The highest BCUT2D eigenvalue weighted by molar-refractivity contribution is 14.1. The Hall–Kier alpha value is -0.360. The summed E-state index contributed by atoms with van der Waals surface area (Å²) >= 11 is 7.96. The zero-order valence-electron chi connectivity index (χ0n) is 11.6. The molecule has 4 unspecified atom stereocenters. The average Bonchev–Trinajstić information content (AvgIpc) is 3.10. The third kappa shape index (κ3) is 1.98. The maximum absolute atomic E-state index is 5.60. The highest BCUT2D eigenvalue weighted by Crippen LogP contribution is 2.52. The van der Waals surface area contributed by atoms with Gasteiger partial charge in [0, 0.05) is 9.61 Å². The Labute approximate surface area is 138 Å². The SMILES string of the molecule is CC(C1CC2CCC1C2)n1c(=S)[nH]c2cc(I)ccc21. The summed E-state index contributed by atoms with van der Waals surface area (Å²) in [5.41, 5.74) is 2.45. The van der Waals surface area contributed by atoms with E-state index in [1.807, 2.05) is 0 Å². The Morgan fingerprint density at radius 3 is 2.90 bits per heavy atom. The van der Waals surface area contributed by atoms with Crippen LogP contribution in [0.15, 0.2) is 18.2 Å². The smallest absolute Gasteiger partial charge is 0.178 e. The standard InChI is InChI=1S/C16H19IN2S/c1-9(13-7-10-2-3-11(13)6-10)19-15-5-4-12(17)8-14(15)18-16(19)20/h4-5,8-11,13H,2-3,6-7H2,1H3,(H,18,20). The molecule has 106 valence electrons. The summed E-state index contributed by atoms with van der Waals surface area (Å²) in [6.07, 6.45) is 5.77. The molecule has 20 heavy (non-hydrogen) atoms.